The molecule has 1 aliphatic heterocycles. The number of anilines is 1. The van der Waals surface area contributed by atoms with Crippen LogP contribution in [0.4, 0.5) is 18.9 Å². The molecule has 2 N–H and O–H groups in total. The number of alkyl halides is 3. The summed E-state index contributed by atoms with van der Waals surface area (Å²) in [7, 11) is 1.12. The molecule has 1 heterocycles. The van der Waals surface area contributed by atoms with Gasteiger partial charge in [-0.05, 0) is 36.8 Å². The Morgan fingerprint density at radius 1 is 1.38 bits per heavy atom. The van der Waals surface area contributed by atoms with Crippen LogP contribution in [0.1, 0.15) is 30.7 Å². The number of fused-ring (bicyclic) bond motifs is 1. The summed E-state index contributed by atoms with van der Waals surface area (Å²) < 4.78 is 44.1. The van der Waals surface area contributed by atoms with E-state index in [0.717, 1.165) is 18.4 Å². The molecule has 1 unspecified atom stereocenters. The Balaban J connectivity index is 1.72. The van der Waals surface area contributed by atoms with Crippen LogP contribution < -0.4 is 10.6 Å². The van der Waals surface area contributed by atoms with Crippen LogP contribution in [0.2, 0.25) is 0 Å². The van der Waals surface area contributed by atoms with Gasteiger partial charge in [0.1, 0.15) is 0 Å². The summed E-state index contributed by atoms with van der Waals surface area (Å²) in [4.78, 5) is 13.7. The van der Waals surface area contributed by atoms with E-state index in [9.17, 15) is 18.0 Å². The van der Waals surface area contributed by atoms with Gasteiger partial charge in [0.15, 0.2) is 5.60 Å². The lowest BCUT2D eigenvalue weighted by Crippen LogP contribution is -2.58. The smallest absolute Gasteiger partial charge is 0.371 e. The van der Waals surface area contributed by atoms with Gasteiger partial charge in [-0.25, -0.2) is 0 Å². The highest BCUT2D eigenvalue weighted by molar-refractivity contribution is 5.85. The van der Waals surface area contributed by atoms with E-state index in [1.807, 2.05) is 24.3 Å². The van der Waals surface area contributed by atoms with Gasteiger partial charge in [0.05, 0.1) is 5.92 Å². The molecular formula is C17H21F3N2O2. The van der Waals surface area contributed by atoms with Crippen molar-refractivity contribution < 1.29 is 22.7 Å². The summed E-state index contributed by atoms with van der Waals surface area (Å²) in [5.41, 5.74) is 5.23. The minimum absolute atomic E-state index is 0.0229. The molecular weight excluding hydrogens is 321 g/mol. The lowest BCUT2D eigenvalue weighted by Gasteiger charge is -2.49. The standard InChI is InChI=1S/C17H21F3N2O2/c1-24-16(17(18,19)20)8-11(9-16)10-22-7-6-13(15(21)23)12-4-2-3-5-14(12)22/h2-5,11,13H,6-10H2,1H3,(H2,21,23). The van der Waals surface area contributed by atoms with Crippen molar-refractivity contribution in [1.82, 2.24) is 0 Å². The fourth-order valence-corrected chi connectivity index (χ4v) is 3.94. The Kier molecular flexibility index (Phi) is 4.23. The lowest BCUT2D eigenvalue weighted by molar-refractivity contribution is -0.307. The molecule has 1 atom stereocenters. The number of halogens is 3. The Bertz CT molecular complexity index is 627. The van der Waals surface area contributed by atoms with E-state index in [-0.39, 0.29) is 30.6 Å². The highest BCUT2D eigenvalue weighted by Crippen LogP contribution is 2.51. The van der Waals surface area contributed by atoms with Gasteiger partial charge >= 0.3 is 6.18 Å². The number of amides is 1. The van der Waals surface area contributed by atoms with Gasteiger partial charge in [0.2, 0.25) is 5.91 Å². The van der Waals surface area contributed by atoms with Gasteiger partial charge in [-0.1, -0.05) is 18.2 Å². The number of ether oxygens (including phenoxy) is 1. The first kappa shape index (κ1) is 17.1. The van der Waals surface area contributed by atoms with Crippen LogP contribution in [0.5, 0.6) is 0 Å². The fraction of sp³-hybridized carbons (Fsp3) is 0.588. The van der Waals surface area contributed by atoms with Crippen molar-refractivity contribution in [3.05, 3.63) is 29.8 Å². The monoisotopic (exact) mass is 342 g/mol. The quantitative estimate of drug-likeness (QED) is 0.915. The number of hydrogen-bond donors (Lipinski definition) is 1. The first-order valence-electron chi connectivity index (χ1n) is 8.02. The molecule has 1 aromatic carbocycles. The van der Waals surface area contributed by atoms with E-state index in [4.69, 9.17) is 10.5 Å². The second kappa shape index (κ2) is 5.95. The average molecular weight is 342 g/mol. The van der Waals surface area contributed by atoms with E-state index in [1.165, 1.54) is 0 Å². The molecule has 1 aromatic rings. The fourth-order valence-electron chi connectivity index (χ4n) is 3.94. The summed E-state index contributed by atoms with van der Waals surface area (Å²) in [5, 5.41) is 0. The third-order valence-corrected chi connectivity index (χ3v) is 5.31. The van der Waals surface area contributed by atoms with Gasteiger partial charge in [0, 0.05) is 25.9 Å². The highest BCUT2D eigenvalue weighted by Gasteiger charge is 2.62. The zero-order valence-electron chi connectivity index (χ0n) is 13.5. The van der Waals surface area contributed by atoms with E-state index in [0.29, 0.717) is 19.5 Å². The number of carbonyl (C=O) groups is 1. The molecule has 1 saturated carbocycles. The molecule has 0 saturated heterocycles. The number of nitrogens with two attached hydrogens (primary N) is 1. The van der Waals surface area contributed by atoms with Crippen LogP contribution >= 0.6 is 0 Å². The van der Waals surface area contributed by atoms with E-state index >= 15 is 0 Å². The van der Waals surface area contributed by atoms with Gasteiger partial charge in [-0.2, -0.15) is 13.2 Å². The second-order valence-electron chi connectivity index (χ2n) is 6.72. The Morgan fingerprint density at radius 3 is 2.62 bits per heavy atom. The molecule has 4 nitrogen and oxygen atoms in total. The number of benzene rings is 1. The minimum atomic E-state index is -4.34. The van der Waals surface area contributed by atoms with E-state index in [1.54, 1.807) is 0 Å². The van der Waals surface area contributed by atoms with Gasteiger partial charge < -0.3 is 15.4 Å². The molecule has 1 fully saturated rings. The number of methoxy groups -OCH3 is 1. The SMILES string of the molecule is COC1(C(F)(F)F)CC(CN2CCC(C(N)=O)c3ccccc32)C1. The van der Waals surface area contributed by atoms with Crippen molar-refractivity contribution in [3.63, 3.8) is 0 Å². The van der Waals surface area contributed by atoms with Gasteiger partial charge in [-0.3, -0.25) is 4.79 Å². The molecule has 0 bridgehead atoms. The first-order chi connectivity index (χ1) is 11.3. The zero-order valence-corrected chi connectivity index (χ0v) is 13.5. The third kappa shape index (κ3) is 2.75. The van der Waals surface area contributed by atoms with Crippen LogP contribution in [-0.4, -0.2) is 37.9 Å². The van der Waals surface area contributed by atoms with Crippen LogP contribution in [-0.2, 0) is 9.53 Å². The Morgan fingerprint density at radius 2 is 2.04 bits per heavy atom. The minimum Gasteiger partial charge on any atom is -0.371 e. The zero-order chi connectivity index (χ0) is 17.5. The maximum atomic E-state index is 13.1. The van der Waals surface area contributed by atoms with Crippen molar-refractivity contribution >= 4 is 11.6 Å². The molecule has 0 spiro atoms. The largest absolute Gasteiger partial charge is 0.417 e. The number of rotatable bonds is 4. The van der Waals surface area contributed by atoms with E-state index < -0.39 is 11.8 Å². The Hall–Kier alpha value is -1.76. The van der Waals surface area contributed by atoms with Crippen molar-refractivity contribution in [2.24, 2.45) is 11.7 Å². The number of carbonyl (C=O) groups excluding carboxylic acids is 1. The normalized spacial score (nSPS) is 29.8. The van der Waals surface area contributed by atoms with Crippen molar-refractivity contribution in [3.8, 4) is 0 Å². The highest BCUT2D eigenvalue weighted by atomic mass is 19.4. The maximum absolute atomic E-state index is 13.1. The van der Waals surface area contributed by atoms with Crippen LogP contribution in [0, 0.1) is 5.92 Å². The number of primary amides is 1. The summed E-state index contributed by atoms with van der Waals surface area (Å²) in [6.07, 6.45) is -3.79. The average Bonchev–Trinajstić information content (AvgIpc) is 2.48. The van der Waals surface area contributed by atoms with Gasteiger partial charge in [-0.15, -0.1) is 0 Å². The predicted molar refractivity (Wildman–Crippen MR) is 83.7 cm³/mol. The topological polar surface area (TPSA) is 55.6 Å². The molecule has 7 heteroatoms. The lowest BCUT2D eigenvalue weighted by atomic mass is 9.69. The molecule has 0 radical (unpaired) electrons. The third-order valence-electron chi connectivity index (χ3n) is 5.31. The molecule has 1 aliphatic carbocycles. The number of nitrogens with zero attached hydrogens (tertiary/aromatic N) is 1. The van der Waals surface area contributed by atoms with E-state index in [2.05, 4.69) is 4.90 Å². The van der Waals surface area contributed by atoms with Crippen molar-refractivity contribution in [2.45, 2.75) is 37.0 Å². The second-order valence-corrected chi connectivity index (χ2v) is 6.72. The molecule has 2 aliphatic rings. The molecule has 24 heavy (non-hydrogen) atoms. The van der Waals surface area contributed by atoms with Crippen LogP contribution in [0.15, 0.2) is 24.3 Å². The van der Waals surface area contributed by atoms with Gasteiger partial charge in [0.25, 0.3) is 0 Å². The maximum Gasteiger partial charge on any atom is 0.417 e. The van der Waals surface area contributed by atoms with Crippen molar-refractivity contribution in [2.75, 3.05) is 25.1 Å². The molecule has 132 valence electrons. The Labute approximate surface area is 138 Å². The van der Waals surface area contributed by atoms with Crippen LogP contribution in [0.25, 0.3) is 0 Å². The predicted octanol–water partition coefficient (Wildman–Crippen LogP) is 2.82. The van der Waals surface area contributed by atoms with Crippen LogP contribution in [0.3, 0.4) is 0 Å². The summed E-state index contributed by atoms with van der Waals surface area (Å²) >= 11 is 0. The molecule has 3 rings (SSSR count). The first-order valence-corrected chi connectivity index (χ1v) is 8.02. The molecule has 1 amide bonds. The summed E-state index contributed by atoms with van der Waals surface area (Å²) in [6, 6.07) is 7.48. The number of hydrogen-bond acceptors (Lipinski definition) is 3. The van der Waals surface area contributed by atoms with Crippen molar-refractivity contribution in [1.29, 1.82) is 0 Å². The summed E-state index contributed by atoms with van der Waals surface area (Å²) in [5.74, 6) is -0.766. The number of para-hydroxylation sites is 1. The molecule has 0 aromatic heterocycles. The summed E-state index contributed by atoms with van der Waals surface area (Å²) in [6.45, 7) is 1.15.